The highest BCUT2D eigenvalue weighted by Gasteiger charge is 2.51. The lowest BCUT2D eigenvalue weighted by Gasteiger charge is -2.25. The molecule has 1 atom stereocenters. The third-order valence-corrected chi connectivity index (χ3v) is 7.37. The highest BCUT2D eigenvalue weighted by molar-refractivity contribution is 9.10. The molecule has 0 spiro atoms. The average molecular weight is 526 g/mol. The van der Waals surface area contributed by atoms with Crippen molar-refractivity contribution in [1.82, 2.24) is 14.8 Å². The van der Waals surface area contributed by atoms with E-state index in [4.69, 9.17) is 0 Å². The third-order valence-electron chi connectivity index (χ3n) is 6.48. The van der Waals surface area contributed by atoms with Crippen LogP contribution in [0, 0.1) is 26.6 Å². The van der Waals surface area contributed by atoms with Crippen molar-refractivity contribution < 1.29 is 18.8 Å². The van der Waals surface area contributed by atoms with Crippen LogP contribution in [-0.4, -0.2) is 33.7 Å². The van der Waals surface area contributed by atoms with Crippen molar-refractivity contribution in [3.05, 3.63) is 86.9 Å². The van der Waals surface area contributed by atoms with E-state index in [1.165, 1.54) is 24.3 Å². The fourth-order valence-electron chi connectivity index (χ4n) is 4.58. The Bertz CT molecular complexity index is 1320. The number of nitrogens with one attached hydrogen (secondary N) is 1. The van der Waals surface area contributed by atoms with Crippen molar-refractivity contribution in [2.24, 2.45) is 0 Å². The Hall–Kier alpha value is -3.26. The molecule has 4 rings (SSSR count). The molecule has 0 radical (unpaired) electrons. The van der Waals surface area contributed by atoms with Gasteiger partial charge >= 0.3 is 6.03 Å². The van der Waals surface area contributed by atoms with Crippen molar-refractivity contribution in [2.75, 3.05) is 6.54 Å². The van der Waals surface area contributed by atoms with Gasteiger partial charge < -0.3 is 9.88 Å². The van der Waals surface area contributed by atoms with Gasteiger partial charge in [0.25, 0.3) is 5.91 Å². The van der Waals surface area contributed by atoms with Crippen molar-refractivity contribution in [3.63, 3.8) is 0 Å². The number of nitrogens with zero attached hydrogens (tertiary/aromatic N) is 2. The summed E-state index contributed by atoms with van der Waals surface area (Å²) < 4.78 is 16.4. The Morgan fingerprint density at radius 3 is 2.35 bits per heavy atom. The van der Waals surface area contributed by atoms with Gasteiger partial charge in [0.1, 0.15) is 11.4 Å². The number of carbonyl (C=O) groups is 3. The van der Waals surface area contributed by atoms with Gasteiger partial charge in [-0.3, -0.25) is 14.5 Å². The fraction of sp³-hybridized carbons (Fsp3) is 0.269. The highest BCUT2D eigenvalue weighted by atomic mass is 79.9. The molecule has 1 unspecified atom stereocenters. The van der Waals surface area contributed by atoms with E-state index in [1.54, 1.807) is 13.0 Å². The number of aromatic nitrogens is 1. The first-order valence-electron chi connectivity index (χ1n) is 11.0. The van der Waals surface area contributed by atoms with Gasteiger partial charge in [-0.1, -0.05) is 35.0 Å². The van der Waals surface area contributed by atoms with Crippen molar-refractivity contribution in [3.8, 4) is 5.69 Å². The zero-order valence-corrected chi connectivity index (χ0v) is 21.0. The molecule has 0 bridgehead atoms. The molecule has 1 N–H and O–H groups in total. The number of amides is 3. The molecular weight excluding hydrogens is 501 g/mol. The van der Waals surface area contributed by atoms with Gasteiger partial charge in [0.15, 0.2) is 5.78 Å². The van der Waals surface area contributed by atoms with Crippen LogP contribution in [-0.2, 0) is 10.3 Å². The summed E-state index contributed by atoms with van der Waals surface area (Å²) in [5, 5.41) is 2.73. The molecule has 1 aliphatic rings. The van der Waals surface area contributed by atoms with Gasteiger partial charge in [0, 0.05) is 27.1 Å². The average Bonchev–Trinajstić information content (AvgIpc) is 3.24. The van der Waals surface area contributed by atoms with E-state index in [1.807, 2.05) is 43.5 Å². The topological polar surface area (TPSA) is 71.4 Å². The second kappa shape index (κ2) is 8.83. The van der Waals surface area contributed by atoms with E-state index in [2.05, 4.69) is 21.2 Å². The van der Waals surface area contributed by atoms with Gasteiger partial charge in [-0.2, -0.15) is 0 Å². The van der Waals surface area contributed by atoms with Crippen molar-refractivity contribution in [1.29, 1.82) is 0 Å². The van der Waals surface area contributed by atoms with Gasteiger partial charge in [0.05, 0.1) is 6.54 Å². The SMILES string of the molecule is CCC1(c2ccc(F)cc2)NC(=O)N(CC(=O)c2cc(C)n(-c3ccc(Br)c(C)c3)c2C)C1=O. The fourth-order valence-corrected chi connectivity index (χ4v) is 4.83. The molecule has 1 aromatic heterocycles. The first kappa shape index (κ1) is 23.9. The predicted molar refractivity (Wildman–Crippen MR) is 131 cm³/mol. The van der Waals surface area contributed by atoms with Crippen molar-refractivity contribution >= 4 is 33.7 Å². The van der Waals surface area contributed by atoms with Gasteiger partial charge in [0.2, 0.25) is 0 Å². The molecule has 2 aromatic carbocycles. The zero-order chi connectivity index (χ0) is 24.8. The van der Waals surface area contributed by atoms with E-state index in [0.29, 0.717) is 11.1 Å². The van der Waals surface area contributed by atoms with Crippen LogP contribution < -0.4 is 5.32 Å². The molecule has 6 nitrogen and oxygen atoms in total. The molecule has 1 aliphatic heterocycles. The molecule has 3 amide bonds. The van der Waals surface area contributed by atoms with Crippen LogP contribution in [0.1, 0.15) is 46.2 Å². The van der Waals surface area contributed by atoms with E-state index in [-0.39, 0.29) is 18.7 Å². The number of rotatable bonds is 6. The summed E-state index contributed by atoms with van der Waals surface area (Å²) >= 11 is 3.51. The normalized spacial score (nSPS) is 17.9. The van der Waals surface area contributed by atoms with E-state index in [9.17, 15) is 18.8 Å². The second-order valence-corrected chi connectivity index (χ2v) is 9.42. The Kier molecular flexibility index (Phi) is 6.20. The maximum absolute atomic E-state index is 13.4. The number of hydrogen-bond donors (Lipinski definition) is 1. The molecule has 1 saturated heterocycles. The van der Waals surface area contributed by atoms with Crippen molar-refractivity contribution in [2.45, 2.75) is 39.7 Å². The number of hydrogen-bond acceptors (Lipinski definition) is 3. The van der Waals surface area contributed by atoms with E-state index in [0.717, 1.165) is 32.0 Å². The molecule has 2 heterocycles. The second-order valence-electron chi connectivity index (χ2n) is 8.56. The van der Waals surface area contributed by atoms with Gasteiger partial charge in [-0.15, -0.1) is 0 Å². The Balaban J connectivity index is 1.63. The monoisotopic (exact) mass is 525 g/mol. The molecule has 3 aromatic rings. The first-order chi connectivity index (χ1) is 16.1. The zero-order valence-electron chi connectivity index (χ0n) is 19.4. The molecule has 0 aliphatic carbocycles. The minimum atomic E-state index is -1.32. The Labute approximate surface area is 205 Å². The number of halogens is 2. The predicted octanol–water partition coefficient (Wildman–Crippen LogP) is 5.34. The molecular formula is C26H25BrFN3O3. The number of Topliss-reactive ketones (excluding diaryl/α,β-unsaturated/α-hetero) is 1. The molecule has 0 saturated carbocycles. The Morgan fingerprint density at radius 2 is 1.74 bits per heavy atom. The first-order valence-corrected chi connectivity index (χ1v) is 11.8. The van der Waals surface area contributed by atoms with Crippen LogP contribution in [0.4, 0.5) is 9.18 Å². The summed E-state index contributed by atoms with van der Waals surface area (Å²) in [6.07, 6.45) is 0.269. The summed E-state index contributed by atoms with van der Waals surface area (Å²) in [6, 6.07) is 12.5. The van der Waals surface area contributed by atoms with Gasteiger partial charge in [-0.25, -0.2) is 9.18 Å². The quantitative estimate of drug-likeness (QED) is 0.348. The summed E-state index contributed by atoms with van der Waals surface area (Å²) in [7, 11) is 0. The highest BCUT2D eigenvalue weighted by Crippen LogP contribution is 2.33. The minimum Gasteiger partial charge on any atom is -0.319 e. The van der Waals surface area contributed by atoms with Gasteiger partial charge in [-0.05, 0) is 74.7 Å². The van der Waals surface area contributed by atoms with Crippen LogP contribution >= 0.6 is 15.9 Å². The smallest absolute Gasteiger partial charge is 0.319 e. The molecule has 34 heavy (non-hydrogen) atoms. The summed E-state index contributed by atoms with van der Waals surface area (Å²) in [5.41, 5.74) is 3.20. The molecule has 176 valence electrons. The molecule has 8 heteroatoms. The summed E-state index contributed by atoms with van der Waals surface area (Å²) in [6.45, 7) is 7.13. The van der Waals surface area contributed by atoms with Crippen LogP contribution in [0.3, 0.4) is 0 Å². The van der Waals surface area contributed by atoms with Crippen LogP contribution in [0.25, 0.3) is 5.69 Å². The summed E-state index contributed by atoms with van der Waals surface area (Å²) in [5.74, 6) is -1.28. The number of ketones is 1. The summed E-state index contributed by atoms with van der Waals surface area (Å²) in [4.78, 5) is 40.3. The standard InChI is InChI=1S/C26H25BrFN3O3/c1-5-26(18-6-8-19(28)9-7-18)24(33)30(25(34)29-26)14-23(32)21-13-16(3)31(17(21)4)20-10-11-22(27)15(2)12-20/h6-13H,5,14H2,1-4H3,(H,29,34). The number of benzene rings is 2. The van der Waals surface area contributed by atoms with E-state index < -0.39 is 23.3 Å². The Morgan fingerprint density at radius 1 is 1.06 bits per heavy atom. The number of imide groups is 1. The molecule has 1 fully saturated rings. The van der Waals surface area contributed by atoms with Crippen LogP contribution in [0.15, 0.2) is 53.0 Å². The third kappa shape index (κ3) is 3.86. The maximum atomic E-state index is 13.4. The van der Waals surface area contributed by atoms with Crippen LogP contribution in [0.5, 0.6) is 0 Å². The van der Waals surface area contributed by atoms with Crippen LogP contribution in [0.2, 0.25) is 0 Å². The minimum absolute atomic E-state index is 0.269. The van der Waals surface area contributed by atoms with E-state index >= 15 is 0 Å². The number of urea groups is 1. The largest absolute Gasteiger partial charge is 0.325 e. The maximum Gasteiger partial charge on any atom is 0.325 e. The number of aryl methyl sites for hydroxylation is 2. The number of carbonyl (C=O) groups excluding carboxylic acids is 3. The lowest BCUT2D eigenvalue weighted by Crippen LogP contribution is -2.43. The lowest BCUT2D eigenvalue weighted by atomic mass is 9.87. The lowest BCUT2D eigenvalue weighted by molar-refractivity contribution is -0.131.